The predicted octanol–water partition coefficient (Wildman–Crippen LogP) is 2.29. The largest absolute Gasteiger partial charge is 0.395 e. The van der Waals surface area contributed by atoms with Crippen LogP contribution in [-0.4, -0.2) is 36.1 Å². The Bertz CT molecular complexity index is 588. The van der Waals surface area contributed by atoms with Crippen LogP contribution < -0.4 is 0 Å². The van der Waals surface area contributed by atoms with Gasteiger partial charge in [0.1, 0.15) is 5.82 Å². The molecule has 1 N–H and O–H groups in total. The molecule has 4 heteroatoms. The number of aliphatic hydroxyl groups is 1. The number of rotatable bonds is 4. The summed E-state index contributed by atoms with van der Waals surface area (Å²) in [4.78, 5) is 13.9. The molecule has 0 bridgehead atoms. The van der Waals surface area contributed by atoms with Crippen LogP contribution in [0.4, 0.5) is 4.39 Å². The molecule has 0 aromatic heterocycles. The van der Waals surface area contributed by atoms with Crippen LogP contribution in [0.1, 0.15) is 35.7 Å². The van der Waals surface area contributed by atoms with Crippen LogP contribution in [0, 0.1) is 29.5 Å². The minimum Gasteiger partial charge on any atom is -0.395 e. The van der Waals surface area contributed by atoms with Crippen molar-refractivity contribution in [2.75, 3.05) is 20.2 Å². The van der Waals surface area contributed by atoms with Gasteiger partial charge in [0.05, 0.1) is 12.2 Å². The lowest BCUT2D eigenvalue weighted by atomic mass is 10.1. The molecule has 112 valence electrons. The first kappa shape index (κ1) is 15.5. The lowest BCUT2D eigenvalue weighted by Crippen LogP contribution is -2.29. The van der Waals surface area contributed by atoms with E-state index in [0.717, 1.165) is 13.0 Å². The molecule has 0 radical (unpaired) electrons. The molecule has 0 aliphatic heterocycles. The van der Waals surface area contributed by atoms with Gasteiger partial charge in [0.2, 0.25) is 0 Å². The molecule has 21 heavy (non-hydrogen) atoms. The summed E-state index contributed by atoms with van der Waals surface area (Å²) in [7, 11) is 1.75. The molecular weight excluding hydrogens is 269 g/mol. The maximum Gasteiger partial charge on any atom is 0.253 e. The molecule has 1 saturated carbocycles. The Kier molecular flexibility index (Phi) is 4.98. The zero-order chi connectivity index (χ0) is 15.4. The van der Waals surface area contributed by atoms with Gasteiger partial charge in [-0.2, -0.15) is 0 Å². The number of hydrogen-bond acceptors (Lipinski definition) is 2. The third-order valence-electron chi connectivity index (χ3n) is 3.81. The Morgan fingerprint density at radius 1 is 1.52 bits per heavy atom. The first-order valence-corrected chi connectivity index (χ1v) is 7.17. The highest BCUT2D eigenvalue weighted by Gasteiger charge is 2.34. The van der Waals surface area contributed by atoms with Gasteiger partial charge in [0, 0.05) is 25.6 Å². The van der Waals surface area contributed by atoms with E-state index >= 15 is 0 Å². The van der Waals surface area contributed by atoms with Crippen LogP contribution in [0.5, 0.6) is 0 Å². The quantitative estimate of drug-likeness (QED) is 0.864. The van der Waals surface area contributed by atoms with Crippen LogP contribution in [0.15, 0.2) is 18.2 Å². The van der Waals surface area contributed by atoms with Crippen molar-refractivity contribution in [3.63, 3.8) is 0 Å². The summed E-state index contributed by atoms with van der Waals surface area (Å²) in [5.74, 6) is 5.91. The Hall–Kier alpha value is -1.86. The van der Waals surface area contributed by atoms with Crippen molar-refractivity contribution in [1.29, 1.82) is 0 Å². The van der Waals surface area contributed by atoms with E-state index in [-0.39, 0.29) is 18.1 Å². The summed E-state index contributed by atoms with van der Waals surface area (Å²) in [6, 6.07) is 4.35. The van der Waals surface area contributed by atoms with E-state index in [4.69, 9.17) is 5.11 Å². The zero-order valence-electron chi connectivity index (χ0n) is 12.4. The van der Waals surface area contributed by atoms with E-state index in [2.05, 4.69) is 18.8 Å². The number of benzene rings is 1. The summed E-state index contributed by atoms with van der Waals surface area (Å²) in [6.45, 7) is 2.84. The number of aliphatic hydroxyl groups excluding tert-OH is 1. The van der Waals surface area contributed by atoms with Gasteiger partial charge in [-0.05, 0) is 36.5 Å². The Morgan fingerprint density at radius 2 is 2.24 bits per heavy atom. The van der Waals surface area contributed by atoms with E-state index in [1.807, 2.05) is 0 Å². The SMILES string of the molecule is CC1CC1CN(C)C(=O)c1ccc(C#CCCO)c(F)c1. The number of hydrogen-bond donors (Lipinski definition) is 1. The Labute approximate surface area is 124 Å². The average molecular weight is 289 g/mol. The van der Waals surface area contributed by atoms with E-state index in [1.54, 1.807) is 18.0 Å². The van der Waals surface area contributed by atoms with Gasteiger partial charge in [-0.3, -0.25) is 4.79 Å². The lowest BCUT2D eigenvalue weighted by molar-refractivity contribution is 0.0786. The Balaban J connectivity index is 2.05. The molecule has 1 aromatic rings. The van der Waals surface area contributed by atoms with Crippen molar-refractivity contribution in [3.8, 4) is 11.8 Å². The standard InChI is InChI=1S/C17H20FNO2/c1-12-9-15(12)11-19(2)17(21)14-7-6-13(16(18)10-14)5-3-4-8-20/h6-7,10,12,15,20H,4,8-9,11H2,1-2H3. The highest BCUT2D eigenvalue weighted by Crippen LogP contribution is 2.38. The smallest absolute Gasteiger partial charge is 0.253 e. The minimum absolute atomic E-state index is 0.0461. The molecule has 2 atom stereocenters. The van der Waals surface area contributed by atoms with E-state index < -0.39 is 5.82 Å². The van der Waals surface area contributed by atoms with Crippen molar-refractivity contribution in [2.24, 2.45) is 11.8 Å². The van der Waals surface area contributed by atoms with Crippen molar-refractivity contribution >= 4 is 5.91 Å². The van der Waals surface area contributed by atoms with Gasteiger partial charge >= 0.3 is 0 Å². The monoisotopic (exact) mass is 289 g/mol. The van der Waals surface area contributed by atoms with Crippen LogP contribution >= 0.6 is 0 Å². The Morgan fingerprint density at radius 3 is 2.81 bits per heavy atom. The molecule has 0 saturated heterocycles. The van der Waals surface area contributed by atoms with Crippen LogP contribution in [0.2, 0.25) is 0 Å². The zero-order valence-corrected chi connectivity index (χ0v) is 12.4. The van der Waals surface area contributed by atoms with Crippen molar-refractivity contribution in [2.45, 2.75) is 19.8 Å². The molecule has 0 heterocycles. The maximum atomic E-state index is 13.9. The van der Waals surface area contributed by atoms with Crippen LogP contribution in [0.25, 0.3) is 0 Å². The topological polar surface area (TPSA) is 40.5 Å². The fourth-order valence-corrected chi connectivity index (χ4v) is 2.27. The molecule has 1 fully saturated rings. The molecule has 1 aliphatic rings. The summed E-state index contributed by atoms with van der Waals surface area (Å²) >= 11 is 0. The molecule has 1 amide bonds. The molecule has 1 aliphatic carbocycles. The van der Waals surface area contributed by atoms with Gasteiger partial charge in [-0.25, -0.2) is 4.39 Å². The highest BCUT2D eigenvalue weighted by atomic mass is 19.1. The number of carbonyl (C=O) groups excluding carboxylic acids is 1. The molecule has 0 spiro atoms. The van der Waals surface area contributed by atoms with Crippen molar-refractivity contribution in [1.82, 2.24) is 4.90 Å². The van der Waals surface area contributed by atoms with Gasteiger partial charge in [-0.1, -0.05) is 18.8 Å². The number of amides is 1. The second-order valence-corrected chi connectivity index (χ2v) is 5.63. The van der Waals surface area contributed by atoms with Gasteiger partial charge in [0.25, 0.3) is 5.91 Å². The van der Waals surface area contributed by atoms with Crippen molar-refractivity contribution in [3.05, 3.63) is 35.1 Å². The summed E-state index contributed by atoms with van der Waals surface area (Å²) < 4.78 is 13.9. The summed E-state index contributed by atoms with van der Waals surface area (Å²) in [5, 5.41) is 8.64. The maximum absolute atomic E-state index is 13.9. The van der Waals surface area contributed by atoms with Gasteiger partial charge in [-0.15, -0.1) is 0 Å². The minimum atomic E-state index is -0.500. The predicted molar refractivity (Wildman–Crippen MR) is 79.2 cm³/mol. The van der Waals surface area contributed by atoms with Gasteiger partial charge < -0.3 is 10.0 Å². The molecule has 1 aromatic carbocycles. The third-order valence-corrected chi connectivity index (χ3v) is 3.81. The lowest BCUT2D eigenvalue weighted by Gasteiger charge is -2.17. The second kappa shape index (κ2) is 6.73. The molecular formula is C17H20FNO2. The number of carbonyl (C=O) groups is 1. The van der Waals surface area contributed by atoms with E-state index in [1.165, 1.54) is 12.1 Å². The van der Waals surface area contributed by atoms with E-state index in [0.29, 0.717) is 23.8 Å². The number of halogens is 1. The van der Waals surface area contributed by atoms with Crippen molar-refractivity contribution < 1.29 is 14.3 Å². The highest BCUT2D eigenvalue weighted by molar-refractivity contribution is 5.94. The summed E-state index contributed by atoms with van der Waals surface area (Å²) in [6.07, 6.45) is 1.47. The fraction of sp³-hybridized carbons (Fsp3) is 0.471. The first-order valence-electron chi connectivity index (χ1n) is 7.17. The van der Waals surface area contributed by atoms with Crippen LogP contribution in [-0.2, 0) is 0 Å². The van der Waals surface area contributed by atoms with Gasteiger partial charge in [0.15, 0.2) is 0 Å². The fourth-order valence-electron chi connectivity index (χ4n) is 2.27. The normalized spacial score (nSPS) is 19.6. The number of nitrogens with zero attached hydrogens (tertiary/aromatic N) is 1. The van der Waals surface area contributed by atoms with E-state index in [9.17, 15) is 9.18 Å². The summed E-state index contributed by atoms with van der Waals surface area (Å²) in [5.41, 5.74) is 0.592. The average Bonchev–Trinajstić information content (AvgIpc) is 3.15. The molecule has 2 rings (SSSR count). The first-order chi connectivity index (χ1) is 10.0. The molecule has 2 unspecified atom stereocenters. The van der Waals surface area contributed by atoms with Crippen LogP contribution in [0.3, 0.4) is 0 Å². The third kappa shape index (κ3) is 4.05. The molecule has 3 nitrogen and oxygen atoms in total. The second-order valence-electron chi connectivity index (χ2n) is 5.63.